The highest BCUT2D eigenvalue weighted by Crippen LogP contribution is 2.08. The molecule has 10 N–H and O–H groups in total. The van der Waals surface area contributed by atoms with Crippen molar-refractivity contribution in [2.75, 3.05) is 0 Å². The highest BCUT2D eigenvalue weighted by molar-refractivity contribution is 5.96. The first kappa shape index (κ1) is 29.8. The lowest BCUT2D eigenvalue weighted by Gasteiger charge is -2.26. The zero-order chi connectivity index (χ0) is 25.9. The van der Waals surface area contributed by atoms with Crippen LogP contribution in [0.3, 0.4) is 0 Å². The predicted molar refractivity (Wildman–Crippen MR) is 118 cm³/mol. The van der Waals surface area contributed by atoms with Crippen molar-refractivity contribution in [2.45, 2.75) is 77.5 Å². The number of nitrogens with two attached hydrogens (primary N) is 3. The van der Waals surface area contributed by atoms with Crippen LogP contribution in [0.25, 0.3) is 0 Å². The summed E-state index contributed by atoms with van der Waals surface area (Å²) in [5.41, 5.74) is 16.0. The van der Waals surface area contributed by atoms with Gasteiger partial charge in [-0.3, -0.25) is 24.0 Å². The van der Waals surface area contributed by atoms with Crippen LogP contribution in [0.1, 0.15) is 53.4 Å². The average Bonchev–Trinajstić information content (AvgIpc) is 2.66. The summed E-state index contributed by atoms with van der Waals surface area (Å²) in [5.74, 6) is -5.69. The van der Waals surface area contributed by atoms with E-state index in [2.05, 4.69) is 16.0 Å². The van der Waals surface area contributed by atoms with E-state index >= 15 is 0 Å². The van der Waals surface area contributed by atoms with Crippen molar-refractivity contribution in [1.82, 2.24) is 16.0 Å². The molecule has 0 rings (SSSR count). The molecule has 0 aliphatic heterocycles. The third-order valence-corrected chi connectivity index (χ3v) is 4.64. The lowest BCUT2D eigenvalue weighted by molar-refractivity contribution is -0.142. The second-order valence-corrected chi connectivity index (χ2v) is 8.60. The van der Waals surface area contributed by atoms with Gasteiger partial charge in [-0.05, 0) is 24.7 Å². The van der Waals surface area contributed by atoms with Crippen molar-refractivity contribution >= 4 is 35.5 Å². The minimum Gasteiger partial charge on any atom is -0.480 e. The molecule has 0 aliphatic carbocycles. The van der Waals surface area contributed by atoms with E-state index in [0.29, 0.717) is 6.42 Å². The number of rotatable bonds is 15. The Morgan fingerprint density at radius 3 is 1.76 bits per heavy atom. The van der Waals surface area contributed by atoms with Gasteiger partial charge in [0.2, 0.25) is 29.5 Å². The topological polar surface area (TPSA) is 237 Å². The largest absolute Gasteiger partial charge is 0.480 e. The van der Waals surface area contributed by atoms with Crippen LogP contribution in [0, 0.1) is 11.8 Å². The van der Waals surface area contributed by atoms with Gasteiger partial charge in [-0.25, -0.2) is 4.79 Å². The van der Waals surface area contributed by atoms with Gasteiger partial charge < -0.3 is 38.3 Å². The number of amides is 5. The van der Waals surface area contributed by atoms with Crippen LogP contribution in [0.5, 0.6) is 0 Å². The molecule has 0 radical (unpaired) electrons. The lowest BCUT2D eigenvalue weighted by atomic mass is 10.00. The van der Waals surface area contributed by atoms with Crippen LogP contribution in [-0.4, -0.2) is 64.8 Å². The highest BCUT2D eigenvalue weighted by atomic mass is 16.4. The molecule has 0 aliphatic rings. The number of primary amides is 2. The van der Waals surface area contributed by atoms with Gasteiger partial charge in [-0.2, -0.15) is 0 Å². The van der Waals surface area contributed by atoms with Crippen LogP contribution in [0.15, 0.2) is 0 Å². The van der Waals surface area contributed by atoms with E-state index in [1.807, 2.05) is 13.8 Å². The van der Waals surface area contributed by atoms with Crippen LogP contribution in [0.4, 0.5) is 0 Å². The van der Waals surface area contributed by atoms with E-state index in [1.165, 1.54) is 0 Å². The van der Waals surface area contributed by atoms with Crippen molar-refractivity contribution < 1.29 is 33.9 Å². The monoisotopic (exact) mass is 472 g/mol. The first-order valence-corrected chi connectivity index (χ1v) is 10.6. The molecule has 0 aromatic rings. The molecular weight excluding hydrogens is 436 g/mol. The molecule has 0 bridgehead atoms. The molecule has 0 spiro atoms. The number of nitrogens with one attached hydrogen (secondary N) is 3. The van der Waals surface area contributed by atoms with Crippen molar-refractivity contribution in [3.63, 3.8) is 0 Å². The number of aliphatic carboxylic acids is 1. The maximum atomic E-state index is 12.8. The molecule has 13 heteroatoms. The van der Waals surface area contributed by atoms with Crippen molar-refractivity contribution in [3.05, 3.63) is 0 Å². The normalized spacial score (nSPS) is 14.6. The molecule has 188 valence electrons. The Morgan fingerprint density at radius 1 is 0.788 bits per heavy atom. The number of carboxylic acid groups (broad SMARTS) is 1. The quantitative estimate of drug-likeness (QED) is 0.136. The Morgan fingerprint density at radius 2 is 1.33 bits per heavy atom. The molecule has 0 heterocycles. The summed E-state index contributed by atoms with van der Waals surface area (Å²) >= 11 is 0. The molecule has 5 amide bonds. The molecule has 4 atom stereocenters. The summed E-state index contributed by atoms with van der Waals surface area (Å²) in [4.78, 5) is 71.5. The van der Waals surface area contributed by atoms with Crippen molar-refractivity contribution in [3.8, 4) is 0 Å². The van der Waals surface area contributed by atoms with E-state index in [0.717, 1.165) is 0 Å². The third kappa shape index (κ3) is 11.8. The number of carbonyl (C=O) groups excluding carboxylic acids is 5. The van der Waals surface area contributed by atoms with Crippen LogP contribution < -0.4 is 33.2 Å². The van der Waals surface area contributed by atoms with Gasteiger partial charge in [-0.1, -0.05) is 27.7 Å². The van der Waals surface area contributed by atoms with E-state index in [4.69, 9.17) is 17.2 Å². The summed E-state index contributed by atoms with van der Waals surface area (Å²) < 4.78 is 0. The molecular formula is C20H36N6O7. The van der Waals surface area contributed by atoms with Crippen LogP contribution >= 0.6 is 0 Å². The molecule has 33 heavy (non-hydrogen) atoms. The fourth-order valence-corrected chi connectivity index (χ4v) is 2.90. The summed E-state index contributed by atoms with van der Waals surface area (Å²) in [6.45, 7) is 7.10. The number of carbonyl (C=O) groups is 6. The Labute approximate surface area is 192 Å². The Balaban J connectivity index is 5.45. The number of hydrogen-bond acceptors (Lipinski definition) is 7. The minimum absolute atomic E-state index is 0.150. The molecule has 0 fully saturated rings. The molecule has 0 saturated carbocycles. The average molecular weight is 473 g/mol. The summed E-state index contributed by atoms with van der Waals surface area (Å²) in [7, 11) is 0. The molecule has 0 aromatic carbocycles. The Kier molecular flexibility index (Phi) is 12.7. The fourth-order valence-electron chi connectivity index (χ4n) is 2.90. The van der Waals surface area contributed by atoms with E-state index in [9.17, 15) is 33.9 Å². The third-order valence-electron chi connectivity index (χ3n) is 4.64. The Bertz CT molecular complexity index is 740. The molecule has 4 unspecified atom stereocenters. The van der Waals surface area contributed by atoms with E-state index in [1.54, 1.807) is 13.8 Å². The first-order chi connectivity index (χ1) is 15.1. The standard InChI is InChI=1S/C20H36N6O7/c1-9(2)7-11(21)17(29)26-16(10(3)4)19(31)25-13(8-15(23)28)18(30)24-12(20(32)33)5-6-14(22)27/h9-13,16H,5-8,21H2,1-4H3,(H2,22,27)(H2,23,28)(H,24,30)(H,25,31)(H,26,29)(H,32,33). The van der Waals surface area contributed by atoms with Gasteiger partial charge in [0.05, 0.1) is 12.5 Å². The summed E-state index contributed by atoms with van der Waals surface area (Å²) in [6, 6.07) is -4.91. The SMILES string of the molecule is CC(C)CC(N)C(=O)NC(C(=O)NC(CC(N)=O)C(=O)NC(CCC(N)=O)C(=O)O)C(C)C. The summed E-state index contributed by atoms with van der Waals surface area (Å²) in [6.07, 6.45) is -0.813. The van der Waals surface area contributed by atoms with E-state index in [-0.39, 0.29) is 18.8 Å². The maximum absolute atomic E-state index is 12.8. The highest BCUT2D eigenvalue weighted by Gasteiger charge is 2.32. The smallest absolute Gasteiger partial charge is 0.326 e. The minimum atomic E-state index is -1.51. The summed E-state index contributed by atoms with van der Waals surface area (Å²) in [5, 5.41) is 16.3. The maximum Gasteiger partial charge on any atom is 0.326 e. The fraction of sp³-hybridized carbons (Fsp3) is 0.700. The van der Waals surface area contributed by atoms with Gasteiger partial charge >= 0.3 is 5.97 Å². The van der Waals surface area contributed by atoms with E-state index < -0.39 is 72.0 Å². The van der Waals surface area contributed by atoms with Gasteiger partial charge in [0.15, 0.2) is 0 Å². The zero-order valence-electron chi connectivity index (χ0n) is 19.4. The predicted octanol–water partition coefficient (Wildman–Crippen LogP) is -2.30. The number of hydrogen-bond donors (Lipinski definition) is 7. The zero-order valence-corrected chi connectivity index (χ0v) is 19.4. The lowest BCUT2D eigenvalue weighted by Crippen LogP contribution is -2.59. The van der Waals surface area contributed by atoms with Gasteiger partial charge in [0.1, 0.15) is 18.1 Å². The van der Waals surface area contributed by atoms with Crippen molar-refractivity contribution in [2.24, 2.45) is 29.0 Å². The van der Waals surface area contributed by atoms with Gasteiger partial charge in [-0.15, -0.1) is 0 Å². The van der Waals surface area contributed by atoms with Gasteiger partial charge in [0.25, 0.3) is 0 Å². The molecule has 0 saturated heterocycles. The molecule has 0 aromatic heterocycles. The van der Waals surface area contributed by atoms with Crippen LogP contribution in [-0.2, 0) is 28.8 Å². The van der Waals surface area contributed by atoms with Crippen molar-refractivity contribution in [1.29, 1.82) is 0 Å². The molecule has 13 nitrogen and oxygen atoms in total. The van der Waals surface area contributed by atoms with Gasteiger partial charge in [0, 0.05) is 6.42 Å². The first-order valence-electron chi connectivity index (χ1n) is 10.6. The Hall–Kier alpha value is -3.22. The second kappa shape index (κ2) is 14.0. The number of carboxylic acids is 1. The van der Waals surface area contributed by atoms with Crippen LogP contribution in [0.2, 0.25) is 0 Å². The second-order valence-electron chi connectivity index (χ2n) is 8.60.